The van der Waals surface area contributed by atoms with E-state index in [1.54, 1.807) is 24.3 Å². The molecule has 6 nitrogen and oxygen atoms in total. The van der Waals surface area contributed by atoms with E-state index in [0.29, 0.717) is 0 Å². The van der Waals surface area contributed by atoms with E-state index < -0.39 is 20.0 Å². The highest BCUT2D eigenvalue weighted by atomic mass is 32.2. The van der Waals surface area contributed by atoms with Crippen molar-refractivity contribution >= 4 is 31.8 Å². The third-order valence-corrected chi connectivity index (χ3v) is 6.92. The van der Waals surface area contributed by atoms with Gasteiger partial charge in [-0.1, -0.05) is 11.8 Å². The average Bonchev–Trinajstić information content (AvgIpc) is 2.56. The first-order valence-electron chi connectivity index (χ1n) is 6.53. The molecule has 0 radical (unpaired) electrons. The Bertz CT molecular complexity index is 799. The molecule has 2 N–H and O–H groups in total. The zero-order valence-electron chi connectivity index (χ0n) is 12.5. The minimum Gasteiger partial charge on any atom is -0.214 e. The molecule has 0 saturated heterocycles. The highest BCUT2D eigenvalue weighted by Gasteiger charge is 2.12. The molecule has 0 unspecified atom stereocenters. The molecule has 0 fully saturated rings. The fourth-order valence-electron chi connectivity index (χ4n) is 1.75. The van der Waals surface area contributed by atoms with E-state index >= 15 is 0 Å². The number of rotatable bonds is 6. The van der Waals surface area contributed by atoms with Crippen LogP contribution in [-0.4, -0.2) is 30.9 Å². The molecule has 0 aliphatic rings. The summed E-state index contributed by atoms with van der Waals surface area (Å²) in [7, 11) is -4.17. The van der Waals surface area contributed by atoms with Gasteiger partial charge in [-0.25, -0.2) is 26.3 Å². The van der Waals surface area contributed by atoms with E-state index in [-0.39, 0.29) is 9.79 Å². The topological polar surface area (TPSA) is 92.3 Å². The van der Waals surface area contributed by atoms with Crippen LogP contribution in [0.1, 0.15) is 0 Å². The van der Waals surface area contributed by atoms with Crippen molar-refractivity contribution < 1.29 is 16.8 Å². The summed E-state index contributed by atoms with van der Waals surface area (Å²) >= 11 is 1.41. The predicted octanol–water partition coefficient (Wildman–Crippen LogP) is 1.65. The normalized spacial score (nSPS) is 12.3. The second kappa shape index (κ2) is 7.02. The molecule has 0 atom stereocenters. The van der Waals surface area contributed by atoms with E-state index in [1.807, 2.05) is 0 Å². The lowest BCUT2D eigenvalue weighted by atomic mass is 10.4. The molecular weight excluding hydrogens is 356 g/mol. The zero-order valence-corrected chi connectivity index (χ0v) is 14.9. The van der Waals surface area contributed by atoms with Crippen molar-refractivity contribution in [1.29, 1.82) is 0 Å². The van der Waals surface area contributed by atoms with Gasteiger partial charge in [0.15, 0.2) is 0 Å². The lowest BCUT2D eigenvalue weighted by Gasteiger charge is -2.06. The van der Waals surface area contributed by atoms with Crippen molar-refractivity contribution in [2.45, 2.75) is 19.6 Å². The van der Waals surface area contributed by atoms with Gasteiger partial charge in [-0.05, 0) is 62.6 Å². The quantitative estimate of drug-likeness (QED) is 0.804. The Labute approximate surface area is 140 Å². The number of benzene rings is 2. The highest BCUT2D eigenvalue weighted by Crippen LogP contribution is 2.29. The van der Waals surface area contributed by atoms with Crippen LogP contribution in [0, 0.1) is 0 Å². The first kappa shape index (κ1) is 18.0. The van der Waals surface area contributed by atoms with Crippen LogP contribution in [0.2, 0.25) is 0 Å². The Hall–Kier alpha value is -1.39. The molecule has 2 aromatic rings. The molecule has 0 spiro atoms. The summed E-state index contributed by atoms with van der Waals surface area (Å²) in [5.41, 5.74) is 0. The maximum Gasteiger partial charge on any atom is 0.240 e. The fourth-order valence-corrected chi connectivity index (χ4v) is 4.02. The van der Waals surface area contributed by atoms with Crippen molar-refractivity contribution in [3.8, 4) is 0 Å². The molecule has 2 aromatic carbocycles. The first-order chi connectivity index (χ1) is 10.8. The molecule has 0 saturated carbocycles. The number of hydrogen-bond acceptors (Lipinski definition) is 5. The molecule has 0 heterocycles. The fraction of sp³-hybridized carbons (Fsp3) is 0.143. The molecule has 2 rings (SSSR count). The van der Waals surface area contributed by atoms with Gasteiger partial charge in [-0.15, -0.1) is 0 Å². The lowest BCUT2D eigenvalue weighted by molar-refractivity contribution is 0.586. The van der Waals surface area contributed by atoms with Crippen molar-refractivity contribution in [2.24, 2.45) is 0 Å². The third kappa shape index (κ3) is 4.33. The van der Waals surface area contributed by atoms with Crippen LogP contribution in [0.4, 0.5) is 0 Å². The van der Waals surface area contributed by atoms with Gasteiger partial charge in [0.1, 0.15) is 0 Å². The SMILES string of the molecule is CNS(=O)(=O)c1ccc(Sc2ccc(S(=O)(=O)NC)cc2)cc1. The lowest BCUT2D eigenvalue weighted by Crippen LogP contribution is -2.18. The maximum atomic E-state index is 11.6. The van der Waals surface area contributed by atoms with Crippen molar-refractivity contribution in [3.05, 3.63) is 48.5 Å². The second-order valence-electron chi connectivity index (χ2n) is 4.46. The Morgan fingerprint density at radius 3 is 1.22 bits per heavy atom. The summed E-state index contributed by atoms with van der Waals surface area (Å²) in [5, 5.41) is 0. The molecule has 23 heavy (non-hydrogen) atoms. The molecule has 124 valence electrons. The number of sulfonamides is 2. The van der Waals surface area contributed by atoms with Crippen LogP contribution < -0.4 is 9.44 Å². The molecule has 0 bridgehead atoms. The summed E-state index contributed by atoms with van der Waals surface area (Å²) in [6.07, 6.45) is 0. The average molecular weight is 372 g/mol. The smallest absolute Gasteiger partial charge is 0.214 e. The van der Waals surface area contributed by atoms with E-state index in [4.69, 9.17) is 0 Å². The Morgan fingerprint density at radius 1 is 0.652 bits per heavy atom. The van der Waals surface area contributed by atoms with E-state index in [2.05, 4.69) is 9.44 Å². The van der Waals surface area contributed by atoms with Gasteiger partial charge in [0.05, 0.1) is 9.79 Å². The molecule has 0 aromatic heterocycles. The minimum absolute atomic E-state index is 0.194. The summed E-state index contributed by atoms with van der Waals surface area (Å²) in [5.74, 6) is 0. The van der Waals surface area contributed by atoms with Gasteiger partial charge < -0.3 is 0 Å². The van der Waals surface area contributed by atoms with Crippen LogP contribution >= 0.6 is 11.8 Å². The van der Waals surface area contributed by atoms with Crippen LogP contribution in [0.5, 0.6) is 0 Å². The number of hydrogen-bond donors (Lipinski definition) is 2. The largest absolute Gasteiger partial charge is 0.240 e. The minimum atomic E-state index is -3.45. The van der Waals surface area contributed by atoms with Crippen molar-refractivity contribution in [1.82, 2.24) is 9.44 Å². The first-order valence-corrected chi connectivity index (χ1v) is 10.3. The van der Waals surface area contributed by atoms with Gasteiger partial charge in [0.2, 0.25) is 20.0 Å². The Morgan fingerprint density at radius 2 is 0.957 bits per heavy atom. The highest BCUT2D eigenvalue weighted by molar-refractivity contribution is 7.99. The summed E-state index contributed by atoms with van der Waals surface area (Å²) < 4.78 is 51.1. The van der Waals surface area contributed by atoms with Crippen molar-refractivity contribution in [2.75, 3.05) is 14.1 Å². The maximum absolute atomic E-state index is 11.6. The standard InChI is InChI=1S/C14H16N2O4S3/c1-15-22(17,18)13-7-3-11(4-8-13)21-12-5-9-14(10-6-12)23(19,20)16-2/h3-10,15-16H,1-2H3. The molecule has 0 aliphatic heterocycles. The summed E-state index contributed by atoms with van der Waals surface area (Å²) in [6.45, 7) is 0. The van der Waals surface area contributed by atoms with Gasteiger partial charge in [-0.3, -0.25) is 0 Å². The van der Waals surface area contributed by atoms with Gasteiger partial charge >= 0.3 is 0 Å². The van der Waals surface area contributed by atoms with Crippen LogP contribution in [0.3, 0.4) is 0 Å². The molecular formula is C14H16N2O4S3. The predicted molar refractivity (Wildman–Crippen MR) is 89.5 cm³/mol. The van der Waals surface area contributed by atoms with Gasteiger partial charge in [0, 0.05) is 9.79 Å². The zero-order chi connectivity index (χ0) is 17.1. The van der Waals surface area contributed by atoms with Crippen molar-refractivity contribution in [3.63, 3.8) is 0 Å². The molecule has 0 aliphatic carbocycles. The van der Waals surface area contributed by atoms with E-state index in [9.17, 15) is 16.8 Å². The summed E-state index contributed by atoms with van der Waals surface area (Å²) in [6, 6.07) is 12.9. The van der Waals surface area contributed by atoms with Crippen LogP contribution in [0.15, 0.2) is 68.1 Å². The third-order valence-electron chi connectivity index (χ3n) is 3.04. The van der Waals surface area contributed by atoms with E-state index in [1.165, 1.54) is 50.1 Å². The monoisotopic (exact) mass is 372 g/mol. The molecule has 9 heteroatoms. The summed E-state index contributed by atoms with van der Waals surface area (Å²) in [4.78, 5) is 2.09. The number of nitrogens with one attached hydrogen (secondary N) is 2. The van der Waals surface area contributed by atoms with Crippen LogP contribution in [0.25, 0.3) is 0 Å². The Balaban J connectivity index is 2.17. The van der Waals surface area contributed by atoms with Crippen LogP contribution in [-0.2, 0) is 20.0 Å². The Kier molecular flexibility index (Phi) is 5.48. The van der Waals surface area contributed by atoms with Gasteiger partial charge in [-0.2, -0.15) is 0 Å². The molecule has 0 amide bonds. The van der Waals surface area contributed by atoms with Gasteiger partial charge in [0.25, 0.3) is 0 Å². The van der Waals surface area contributed by atoms with E-state index in [0.717, 1.165) is 9.79 Å². The second-order valence-corrected chi connectivity index (χ2v) is 9.38.